The van der Waals surface area contributed by atoms with Crippen LogP contribution in [0.5, 0.6) is 0 Å². The highest BCUT2D eigenvalue weighted by Gasteiger charge is 2.30. The average Bonchev–Trinajstić information content (AvgIpc) is 3.07. The van der Waals surface area contributed by atoms with Crippen LogP contribution in [0.25, 0.3) is 0 Å². The molecule has 108 valence electrons. The van der Waals surface area contributed by atoms with E-state index in [9.17, 15) is 9.59 Å². The van der Waals surface area contributed by atoms with Crippen molar-refractivity contribution >= 4 is 23.4 Å². The van der Waals surface area contributed by atoms with Gasteiger partial charge in [-0.25, -0.2) is 9.89 Å². The number of anilines is 1. The maximum atomic E-state index is 11.9. The summed E-state index contributed by atoms with van der Waals surface area (Å²) >= 11 is 0. The van der Waals surface area contributed by atoms with Crippen molar-refractivity contribution in [3.05, 3.63) is 42.0 Å². The van der Waals surface area contributed by atoms with Gasteiger partial charge in [0.15, 0.2) is 0 Å². The van der Waals surface area contributed by atoms with E-state index in [0.29, 0.717) is 29.7 Å². The molecule has 2 amide bonds. The van der Waals surface area contributed by atoms with E-state index in [1.54, 1.807) is 12.1 Å². The Hall–Kier alpha value is -2.43. The zero-order valence-electron chi connectivity index (χ0n) is 11.9. The van der Waals surface area contributed by atoms with Crippen molar-refractivity contribution in [2.45, 2.75) is 19.9 Å². The van der Waals surface area contributed by atoms with E-state index in [1.165, 1.54) is 12.2 Å². The van der Waals surface area contributed by atoms with E-state index in [2.05, 4.69) is 18.8 Å². The summed E-state index contributed by atoms with van der Waals surface area (Å²) < 4.78 is 5.66. The Bertz CT molecular complexity index is 643. The van der Waals surface area contributed by atoms with Crippen molar-refractivity contribution in [2.24, 2.45) is 10.9 Å². The van der Waals surface area contributed by atoms with Crippen LogP contribution in [-0.4, -0.2) is 30.4 Å². The maximum absolute atomic E-state index is 11.9. The lowest BCUT2D eigenvalue weighted by Crippen LogP contribution is -2.31. The van der Waals surface area contributed by atoms with E-state index in [1.807, 2.05) is 12.1 Å². The molecule has 1 aromatic carbocycles. The van der Waals surface area contributed by atoms with Crippen LogP contribution >= 0.6 is 0 Å². The Morgan fingerprint density at radius 3 is 2.48 bits per heavy atom. The minimum Gasteiger partial charge on any atom is -0.475 e. The molecule has 0 N–H and O–H groups in total. The molecule has 0 saturated carbocycles. The van der Waals surface area contributed by atoms with Gasteiger partial charge in [-0.05, 0) is 18.1 Å². The van der Waals surface area contributed by atoms with Crippen molar-refractivity contribution in [3.8, 4) is 0 Å². The Balaban J connectivity index is 2.00. The van der Waals surface area contributed by atoms with E-state index >= 15 is 0 Å². The first kappa shape index (κ1) is 13.5. The van der Waals surface area contributed by atoms with Crippen molar-refractivity contribution < 1.29 is 14.3 Å². The van der Waals surface area contributed by atoms with E-state index in [4.69, 9.17) is 4.74 Å². The van der Waals surface area contributed by atoms with Crippen LogP contribution in [0.4, 0.5) is 5.69 Å². The topological polar surface area (TPSA) is 59.0 Å². The van der Waals surface area contributed by atoms with Crippen LogP contribution in [0.2, 0.25) is 0 Å². The number of nitrogens with zero attached hydrogens (tertiary/aromatic N) is 2. The third-order valence-corrected chi connectivity index (χ3v) is 3.63. The van der Waals surface area contributed by atoms with Gasteiger partial charge in [-0.15, -0.1) is 0 Å². The molecule has 2 aliphatic heterocycles. The summed E-state index contributed by atoms with van der Waals surface area (Å²) in [5.74, 6) is 0.195. The van der Waals surface area contributed by atoms with Gasteiger partial charge in [0.2, 0.25) is 5.90 Å². The van der Waals surface area contributed by atoms with Crippen LogP contribution in [0.3, 0.4) is 0 Å². The van der Waals surface area contributed by atoms with Crippen molar-refractivity contribution in [1.29, 1.82) is 0 Å². The molecule has 5 heteroatoms. The predicted molar refractivity (Wildman–Crippen MR) is 79.2 cm³/mol. The number of carbonyl (C=O) groups excluding carboxylic acids is 2. The predicted octanol–water partition coefficient (Wildman–Crippen LogP) is 1.92. The lowest BCUT2D eigenvalue weighted by atomic mass is 10.1. The normalized spacial score (nSPS) is 21.2. The monoisotopic (exact) mass is 284 g/mol. The number of rotatable bonds is 3. The fourth-order valence-electron chi connectivity index (χ4n) is 2.37. The Kier molecular flexibility index (Phi) is 3.33. The second kappa shape index (κ2) is 5.16. The maximum Gasteiger partial charge on any atom is 0.258 e. The van der Waals surface area contributed by atoms with Crippen LogP contribution < -0.4 is 4.90 Å². The quantitative estimate of drug-likeness (QED) is 0.797. The highest BCUT2D eigenvalue weighted by atomic mass is 16.5. The van der Waals surface area contributed by atoms with Gasteiger partial charge in [0.1, 0.15) is 6.61 Å². The van der Waals surface area contributed by atoms with Gasteiger partial charge in [0.25, 0.3) is 11.8 Å². The Morgan fingerprint density at radius 1 is 1.19 bits per heavy atom. The molecular formula is C16H16N2O3. The smallest absolute Gasteiger partial charge is 0.258 e. The van der Waals surface area contributed by atoms with Gasteiger partial charge in [0, 0.05) is 12.2 Å². The summed E-state index contributed by atoms with van der Waals surface area (Å²) in [6.07, 6.45) is 2.54. The number of para-hydroxylation sites is 1. The first-order valence-electron chi connectivity index (χ1n) is 6.94. The second-order valence-electron chi connectivity index (χ2n) is 5.42. The summed E-state index contributed by atoms with van der Waals surface area (Å²) in [4.78, 5) is 29.4. The zero-order chi connectivity index (χ0) is 15.0. The molecule has 21 heavy (non-hydrogen) atoms. The van der Waals surface area contributed by atoms with E-state index < -0.39 is 0 Å². The number of benzene rings is 1. The number of hydrogen-bond acceptors (Lipinski definition) is 4. The molecule has 0 saturated heterocycles. The molecular weight excluding hydrogens is 268 g/mol. The SMILES string of the molecule is CC(C)[C@@H]1COC(c2ccccc2N2C(=O)C=CC2=O)=N1. The molecule has 0 spiro atoms. The van der Waals surface area contributed by atoms with Crippen molar-refractivity contribution in [3.63, 3.8) is 0 Å². The molecule has 0 aromatic heterocycles. The number of carbonyl (C=O) groups is 2. The molecule has 1 atom stereocenters. The minimum absolute atomic E-state index is 0.108. The van der Waals surface area contributed by atoms with Gasteiger partial charge in [-0.1, -0.05) is 26.0 Å². The third kappa shape index (κ3) is 2.35. The van der Waals surface area contributed by atoms with Gasteiger partial charge < -0.3 is 4.74 Å². The van der Waals surface area contributed by atoms with Gasteiger partial charge in [-0.2, -0.15) is 0 Å². The molecule has 2 aliphatic rings. The van der Waals surface area contributed by atoms with Crippen molar-refractivity contribution in [2.75, 3.05) is 11.5 Å². The fourth-order valence-corrected chi connectivity index (χ4v) is 2.37. The Morgan fingerprint density at radius 2 is 1.86 bits per heavy atom. The average molecular weight is 284 g/mol. The molecule has 1 aromatic rings. The van der Waals surface area contributed by atoms with Gasteiger partial charge in [-0.3, -0.25) is 9.59 Å². The van der Waals surface area contributed by atoms with Crippen LogP contribution in [0.15, 0.2) is 41.4 Å². The first-order valence-corrected chi connectivity index (χ1v) is 6.94. The van der Waals surface area contributed by atoms with Crippen LogP contribution in [0.1, 0.15) is 19.4 Å². The van der Waals surface area contributed by atoms with Crippen molar-refractivity contribution in [1.82, 2.24) is 0 Å². The molecule has 0 fully saturated rings. The van der Waals surface area contributed by atoms with Crippen LogP contribution in [-0.2, 0) is 14.3 Å². The highest BCUT2D eigenvalue weighted by Crippen LogP contribution is 2.27. The second-order valence-corrected chi connectivity index (χ2v) is 5.42. The minimum atomic E-state index is -0.341. The number of hydrogen-bond donors (Lipinski definition) is 0. The van der Waals surface area contributed by atoms with Gasteiger partial charge in [0.05, 0.1) is 17.3 Å². The zero-order valence-corrected chi connectivity index (χ0v) is 11.9. The largest absolute Gasteiger partial charge is 0.475 e. The molecule has 0 radical (unpaired) electrons. The summed E-state index contributed by atoms with van der Waals surface area (Å²) in [6.45, 7) is 4.70. The fraction of sp³-hybridized carbons (Fsp3) is 0.312. The van der Waals surface area contributed by atoms with Crippen LogP contribution in [0, 0.1) is 5.92 Å². The molecule has 0 aliphatic carbocycles. The summed E-state index contributed by atoms with van der Waals surface area (Å²) in [7, 11) is 0. The van der Waals surface area contributed by atoms with Gasteiger partial charge >= 0.3 is 0 Å². The summed E-state index contributed by atoms with van der Waals surface area (Å²) in [5, 5.41) is 0. The lowest BCUT2D eigenvalue weighted by molar-refractivity contribution is -0.119. The molecule has 2 heterocycles. The first-order chi connectivity index (χ1) is 10.1. The van der Waals surface area contributed by atoms with E-state index in [0.717, 1.165) is 4.90 Å². The summed E-state index contributed by atoms with van der Waals surface area (Å²) in [5.41, 5.74) is 1.19. The number of amides is 2. The summed E-state index contributed by atoms with van der Waals surface area (Å²) in [6, 6.07) is 7.28. The molecule has 3 rings (SSSR count). The third-order valence-electron chi connectivity index (χ3n) is 3.63. The lowest BCUT2D eigenvalue weighted by Gasteiger charge is -2.17. The molecule has 0 bridgehead atoms. The number of aliphatic imine (C=N–C) groups is 1. The highest BCUT2D eigenvalue weighted by molar-refractivity contribution is 6.29. The molecule has 0 unspecified atom stereocenters. The Labute approximate surface area is 122 Å². The number of ether oxygens (including phenoxy) is 1. The van der Waals surface area contributed by atoms with E-state index in [-0.39, 0.29) is 17.9 Å². The standard InChI is InChI=1S/C16H16N2O3/c1-10(2)12-9-21-16(17-12)11-5-3-4-6-13(11)18-14(19)7-8-15(18)20/h3-8,10,12H,9H2,1-2H3/t12-/m0/s1. The molecule has 5 nitrogen and oxygen atoms in total. The number of imide groups is 1.